The van der Waals surface area contributed by atoms with Crippen molar-refractivity contribution in [2.75, 3.05) is 6.54 Å². The number of nitrogens with one attached hydrogen (secondary N) is 1. The number of aromatic nitrogens is 1. The summed E-state index contributed by atoms with van der Waals surface area (Å²) in [7, 11) is 0. The fourth-order valence-corrected chi connectivity index (χ4v) is 2.18. The minimum Gasteiger partial charge on any atom is -0.439 e. The van der Waals surface area contributed by atoms with E-state index in [2.05, 4.69) is 40.1 Å². The number of hydrogen-bond acceptors (Lipinski definition) is 3. The van der Waals surface area contributed by atoms with Gasteiger partial charge in [-0.25, -0.2) is 4.98 Å². The van der Waals surface area contributed by atoms with E-state index in [0.29, 0.717) is 11.8 Å². The highest BCUT2D eigenvalue weighted by atomic mass is 79.9. The second-order valence-electron chi connectivity index (χ2n) is 5.51. The largest absolute Gasteiger partial charge is 0.439 e. The van der Waals surface area contributed by atoms with Crippen molar-refractivity contribution in [2.24, 2.45) is 5.92 Å². The predicted octanol–water partition coefficient (Wildman–Crippen LogP) is 4.69. The molecular weight excluding hydrogens is 328 g/mol. The summed E-state index contributed by atoms with van der Waals surface area (Å²) in [4.78, 5) is 4.35. The van der Waals surface area contributed by atoms with Crippen molar-refractivity contribution in [3.05, 3.63) is 52.1 Å². The fraction of sp³-hybridized carbons (Fsp3) is 0.353. The van der Waals surface area contributed by atoms with Gasteiger partial charge in [0.25, 0.3) is 0 Å². The molecular formula is C17H21BrN2O. The molecule has 3 nitrogen and oxygen atoms in total. The average Bonchev–Trinajstić information content (AvgIpc) is 2.44. The SMILES string of the molecule is Cc1cc(Oc2ncccc2CNCC(C)C)ccc1Br. The highest BCUT2D eigenvalue weighted by molar-refractivity contribution is 9.10. The van der Waals surface area contributed by atoms with Crippen molar-refractivity contribution in [1.29, 1.82) is 0 Å². The molecule has 0 saturated heterocycles. The summed E-state index contributed by atoms with van der Waals surface area (Å²) in [5.74, 6) is 2.09. The quantitative estimate of drug-likeness (QED) is 0.822. The lowest BCUT2D eigenvalue weighted by Gasteiger charge is -2.12. The van der Waals surface area contributed by atoms with Crippen LogP contribution < -0.4 is 10.1 Å². The number of pyridine rings is 1. The minimum atomic E-state index is 0.625. The molecule has 0 aliphatic carbocycles. The van der Waals surface area contributed by atoms with Crippen molar-refractivity contribution < 1.29 is 4.74 Å². The topological polar surface area (TPSA) is 34.1 Å². The van der Waals surface area contributed by atoms with Crippen LogP contribution in [0.2, 0.25) is 0 Å². The van der Waals surface area contributed by atoms with Crippen molar-refractivity contribution in [2.45, 2.75) is 27.3 Å². The van der Waals surface area contributed by atoms with E-state index < -0.39 is 0 Å². The van der Waals surface area contributed by atoms with Gasteiger partial charge in [0.2, 0.25) is 5.88 Å². The summed E-state index contributed by atoms with van der Waals surface area (Å²) < 4.78 is 7.01. The zero-order valence-electron chi connectivity index (χ0n) is 12.7. The van der Waals surface area contributed by atoms with Crippen molar-refractivity contribution in [3.8, 4) is 11.6 Å². The van der Waals surface area contributed by atoms with Crippen LogP contribution in [0.25, 0.3) is 0 Å². The van der Waals surface area contributed by atoms with E-state index in [1.807, 2.05) is 37.3 Å². The third kappa shape index (κ3) is 4.83. The summed E-state index contributed by atoms with van der Waals surface area (Å²) in [6, 6.07) is 9.92. The van der Waals surface area contributed by atoms with Crippen LogP contribution in [-0.4, -0.2) is 11.5 Å². The Kier molecular flexibility index (Phi) is 5.76. The summed E-state index contributed by atoms with van der Waals surface area (Å²) in [5.41, 5.74) is 2.21. The maximum absolute atomic E-state index is 5.93. The first-order chi connectivity index (χ1) is 10.1. The molecule has 0 spiro atoms. The second-order valence-corrected chi connectivity index (χ2v) is 6.36. The second kappa shape index (κ2) is 7.57. The molecule has 112 valence electrons. The molecule has 0 aliphatic rings. The van der Waals surface area contributed by atoms with Crippen LogP contribution in [0.15, 0.2) is 41.0 Å². The third-order valence-electron chi connectivity index (χ3n) is 3.06. The van der Waals surface area contributed by atoms with Gasteiger partial charge in [-0.15, -0.1) is 0 Å². The van der Waals surface area contributed by atoms with Gasteiger partial charge in [0.1, 0.15) is 5.75 Å². The fourth-order valence-electron chi connectivity index (χ4n) is 1.94. The number of halogens is 1. The van der Waals surface area contributed by atoms with E-state index in [4.69, 9.17) is 4.74 Å². The molecule has 0 bridgehead atoms. The van der Waals surface area contributed by atoms with E-state index in [1.165, 1.54) is 0 Å². The number of rotatable bonds is 6. The standard InChI is InChI=1S/C17H21BrN2O/c1-12(2)10-19-11-14-5-4-8-20-17(14)21-15-6-7-16(18)13(3)9-15/h4-9,12,19H,10-11H2,1-3H3. The van der Waals surface area contributed by atoms with E-state index in [1.54, 1.807) is 6.20 Å². The van der Waals surface area contributed by atoms with Crippen LogP contribution in [-0.2, 0) is 6.54 Å². The normalized spacial score (nSPS) is 10.9. The number of benzene rings is 1. The van der Waals surface area contributed by atoms with Crippen LogP contribution in [0.5, 0.6) is 11.6 Å². The van der Waals surface area contributed by atoms with Gasteiger partial charge in [-0.2, -0.15) is 0 Å². The summed E-state index contributed by atoms with van der Waals surface area (Å²) in [6.45, 7) is 8.17. The van der Waals surface area contributed by atoms with Gasteiger partial charge in [-0.05, 0) is 49.2 Å². The molecule has 1 aromatic heterocycles. The molecule has 2 aromatic rings. The molecule has 0 radical (unpaired) electrons. The van der Waals surface area contributed by atoms with E-state index in [9.17, 15) is 0 Å². The number of aryl methyl sites for hydroxylation is 1. The maximum Gasteiger partial charge on any atom is 0.223 e. The predicted molar refractivity (Wildman–Crippen MR) is 89.7 cm³/mol. The highest BCUT2D eigenvalue weighted by Crippen LogP contribution is 2.26. The zero-order valence-corrected chi connectivity index (χ0v) is 14.3. The molecule has 1 N–H and O–H groups in total. The smallest absolute Gasteiger partial charge is 0.223 e. The number of nitrogens with zero attached hydrogens (tertiary/aromatic N) is 1. The van der Waals surface area contributed by atoms with Crippen molar-refractivity contribution >= 4 is 15.9 Å². The number of hydrogen-bond donors (Lipinski definition) is 1. The Morgan fingerprint density at radius 3 is 2.81 bits per heavy atom. The first kappa shape index (κ1) is 16.0. The van der Waals surface area contributed by atoms with Gasteiger partial charge >= 0.3 is 0 Å². The Bertz CT molecular complexity index is 599. The minimum absolute atomic E-state index is 0.625. The van der Waals surface area contributed by atoms with Gasteiger partial charge in [0.15, 0.2) is 0 Å². The van der Waals surface area contributed by atoms with Crippen molar-refractivity contribution in [3.63, 3.8) is 0 Å². The Morgan fingerprint density at radius 1 is 1.29 bits per heavy atom. The van der Waals surface area contributed by atoms with Crippen LogP contribution in [0.4, 0.5) is 0 Å². The van der Waals surface area contributed by atoms with Gasteiger partial charge < -0.3 is 10.1 Å². The van der Waals surface area contributed by atoms with E-state index in [0.717, 1.165) is 34.4 Å². The lowest BCUT2D eigenvalue weighted by atomic mass is 10.2. The lowest BCUT2D eigenvalue weighted by molar-refractivity contribution is 0.450. The van der Waals surface area contributed by atoms with Crippen LogP contribution in [0.1, 0.15) is 25.0 Å². The zero-order chi connectivity index (χ0) is 15.2. The molecule has 21 heavy (non-hydrogen) atoms. The van der Waals surface area contributed by atoms with E-state index >= 15 is 0 Å². The summed E-state index contributed by atoms with van der Waals surface area (Å²) in [6.07, 6.45) is 1.76. The first-order valence-electron chi connectivity index (χ1n) is 7.15. The molecule has 1 heterocycles. The van der Waals surface area contributed by atoms with Crippen LogP contribution in [0, 0.1) is 12.8 Å². The van der Waals surface area contributed by atoms with Crippen LogP contribution >= 0.6 is 15.9 Å². The molecule has 0 fully saturated rings. The molecule has 0 unspecified atom stereocenters. The Labute approximate surface area is 134 Å². The molecule has 4 heteroatoms. The number of ether oxygens (including phenoxy) is 1. The van der Waals surface area contributed by atoms with Crippen LogP contribution in [0.3, 0.4) is 0 Å². The van der Waals surface area contributed by atoms with Gasteiger partial charge in [-0.1, -0.05) is 35.8 Å². The third-order valence-corrected chi connectivity index (χ3v) is 3.95. The Hall–Kier alpha value is -1.39. The van der Waals surface area contributed by atoms with Crippen molar-refractivity contribution in [1.82, 2.24) is 10.3 Å². The average molecular weight is 349 g/mol. The highest BCUT2D eigenvalue weighted by Gasteiger charge is 2.07. The monoisotopic (exact) mass is 348 g/mol. The Balaban J connectivity index is 2.10. The molecule has 0 saturated carbocycles. The molecule has 2 rings (SSSR count). The summed E-state index contributed by atoms with van der Waals surface area (Å²) >= 11 is 3.50. The lowest BCUT2D eigenvalue weighted by Crippen LogP contribution is -2.19. The summed E-state index contributed by atoms with van der Waals surface area (Å²) in [5, 5.41) is 3.42. The Morgan fingerprint density at radius 2 is 2.10 bits per heavy atom. The van der Waals surface area contributed by atoms with E-state index in [-0.39, 0.29) is 0 Å². The first-order valence-corrected chi connectivity index (χ1v) is 7.94. The molecule has 0 amide bonds. The van der Waals surface area contributed by atoms with Gasteiger partial charge in [0.05, 0.1) is 0 Å². The van der Waals surface area contributed by atoms with Gasteiger partial charge in [-0.3, -0.25) is 0 Å². The van der Waals surface area contributed by atoms with Gasteiger partial charge in [0, 0.05) is 22.8 Å². The molecule has 0 aliphatic heterocycles. The molecule has 0 atom stereocenters. The maximum atomic E-state index is 5.93. The molecule has 1 aromatic carbocycles.